The molecule has 0 aliphatic carbocycles. The minimum atomic E-state index is -0.364. The fourth-order valence-corrected chi connectivity index (χ4v) is 2.79. The number of nitro benzene ring substituents is 1. The van der Waals surface area contributed by atoms with E-state index in [4.69, 9.17) is 14.2 Å². The van der Waals surface area contributed by atoms with Gasteiger partial charge in [-0.2, -0.15) is 0 Å². The van der Waals surface area contributed by atoms with Crippen molar-refractivity contribution >= 4 is 5.69 Å². The van der Waals surface area contributed by atoms with Crippen LogP contribution in [0.1, 0.15) is 24.0 Å². The Labute approximate surface area is 110 Å². The lowest BCUT2D eigenvalue weighted by atomic mass is 9.95. The van der Waals surface area contributed by atoms with Crippen LogP contribution in [0.15, 0.2) is 0 Å². The quantitative estimate of drug-likeness (QED) is 0.606. The molecule has 0 radical (unpaired) electrons. The molecule has 6 nitrogen and oxygen atoms in total. The molecule has 3 rings (SSSR count). The van der Waals surface area contributed by atoms with Crippen LogP contribution in [0.4, 0.5) is 5.69 Å². The molecule has 0 amide bonds. The lowest BCUT2D eigenvalue weighted by Gasteiger charge is -2.26. The summed E-state index contributed by atoms with van der Waals surface area (Å²) < 4.78 is 16.6. The Balaban J connectivity index is 2.31. The molecule has 0 saturated carbocycles. The van der Waals surface area contributed by atoms with Crippen LogP contribution in [0.2, 0.25) is 0 Å². The van der Waals surface area contributed by atoms with E-state index >= 15 is 0 Å². The van der Waals surface area contributed by atoms with Crippen molar-refractivity contribution in [2.75, 3.05) is 20.3 Å². The van der Waals surface area contributed by atoms with Crippen LogP contribution < -0.4 is 14.2 Å². The molecular formula is C13H15NO5. The highest BCUT2D eigenvalue weighted by molar-refractivity contribution is 5.70. The van der Waals surface area contributed by atoms with Gasteiger partial charge in [0.15, 0.2) is 11.5 Å². The van der Waals surface area contributed by atoms with Crippen molar-refractivity contribution in [2.45, 2.75) is 25.7 Å². The molecule has 102 valence electrons. The summed E-state index contributed by atoms with van der Waals surface area (Å²) in [7, 11) is 1.56. The number of nitrogens with zero attached hydrogens (tertiary/aromatic N) is 1. The van der Waals surface area contributed by atoms with Gasteiger partial charge in [-0.1, -0.05) is 0 Å². The maximum Gasteiger partial charge on any atom is 0.318 e. The van der Waals surface area contributed by atoms with E-state index in [0.29, 0.717) is 42.4 Å². The summed E-state index contributed by atoms with van der Waals surface area (Å²) in [6.07, 6.45) is 2.95. The average Bonchev–Trinajstić information content (AvgIpc) is 2.44. The molecule has 2 heterocycles. The molecule has 2 aliphatic heterocycles. The zero-order valence-electron chi connectivity index (χ0n) is 10.7. The van der Waals surface area contributed by atoms with E-state index in [0.717, 1.165) is 24.8 Å². The van der Waals surface area contributed by atoms with Gasteiger partial charge >= 0.3 is 5.69 Å². The summed E-state index contributed by atoms with van der Waals surface area (Å²) in [5.41, 5.74) is 1.43. The number of ether oxygens (including phenoxy) is 3. The fourth-order valence-electron chi connectivity index (χ4n) is 2.79. The van der Waals surface area contributed by atoms with Crippen molar-refractivity contribution in [1.82, 2.24) is 0 Å². The van der Waals surface area contributed by atoms with E-state index in [1.165, 1.54) is 0 Å². The van der Waals surface area contributed by atoms with Gasteiger partial charge in [-0.05, 0) is 25.7 Å². The molecule has 0 N–H and O–H groups in total. The van der Waals surface area contributed by atoms with E-state index in [-0.39, 0.29) is 10.6 Å². The molecule has 0 fully saturated rings. The molecule has 0 unspecified atom stereocenters. The summed E-state index contributed by atoms with van der Waals surface area (Å²) in [4.78, 5) is 11.0. The summed E-state index contributed by atoms with van der Waals surface area (Å²) in [5, 5.41) is 11.4. The minimum absolute atomic E-state index is 0.0604. The lowest BCUT2D eigenvalue weighted by molar-refractivity contribution is -0.386. The Kier molecular flexibility index (Phi) is 2.93. The first-order valence-electron chi connectivity index (χ1n) is 6.39. The van der Waals surface area contributed by atoms with E-state index in [2.05, 4.69) is 0 Å². The number of hydrogen-bond acceptors (Lipinski definition) is 5. The number of nitro groups is 1. The van der Waals surface area contributed by atoms with Crippen molar-refractivity contribution in [3.8, 4) is 17.2 Å². The van der Waals surface area contributed by atoms with Crippen LogP contribution in [0.25, 0.3) is 0 Å². The smallest absolute Gasteiger partial charge is 0.318 e. The van der Waals surface area contributed by atoms with Gasteiger partial charge in [0.25, 0.3) is 0 Å². The first-order valence-corrected chi connectivity index (χ1v) is 6.39. The summed E-state index contributed by atoms with van der Waals surface area (Å²) >= 11 is 0. The minimum Gasteiger partial charge on any atom is -0.492 e. The summed E-state index contributed by atoms with van der Waals surface area (Å²) in [6, 6.07) is 0. The molecule has 0 spiro atoms. The molecule has 1 aromatic carbocycles. The molecule has 6 heteroatoms. The molecule has 2 aliphatic rings. The van der Waals surface area contributed by atoms with E-state index in [1.54, 1.807) is 7.11 Å². The van der Waals surface area contributed by atoms with Crippen LogP contribution in [-0.4, -0.2) is 25.2 Å². The van der Waals surface area contributed by atoms with Crippen LogP contribution >= 0.6 is 0 Å². The Bertz CT molecular complexity index is 503. The average molecular weight is 265 g/mol. The highest BCUT2D eigenvalue weighted by atomic mass is 16.6. The van der Waals surface area contributed by atoms with Crippen LogP contribution in [0.5, 0.6) is 17.2 Å². The molecule has 0 bridgehead atoms. The van der Waals surface area contributed by atoms with Gasteiger partial charge in [-0.15, -0.1) is 0 Å². The standard InChI is InChI=1S/C13H15NO5/c1-17-12-9-5-3-6-18-11(9)10(14(15)16)8-4-2-7-19-13(8)12/h2-7H2,1H3. The Hall–Kier alpha value is -1.98. The van der Waals surface area contributed by atoms with Crippen molar-refractivity contribution in [3.05, 3.63) is 21.2 Å². The predicted octanol–water partition coefficient (Wildman–Crippen LogP) is 2.25. The zero-order chi connectivity index (χ0) is 13.4. The molecule has 0 aromatic heterocycles. The summed E-state index contributed by atoms with van der Waals surface area (Å²) in [6.45, 7) is 1.08. The second-order valence-electron chi connectivity index (χ2n) is 4.66. The third-order valence-electron chi connectivity index (χ3n) is 3.55. The van der Waals surface area contributed by atoms with Gasteiger partial charge in [0.2, 0.25) is 5.75 Å². The van der Waals surface area contributed by atoms with E-state index < -0.39 is 0 Å². The molecule has 0 saturated heterocycles. The van der Waals surface area contributed by atoms with Crippen molar-refractivity contribution in [1.29, 1.82) is 0 Å². The number of rotatable bonds is 2. The van der Waals surface area contributed by atoms with Gasteiger partial charge in [-0.25, -0.2) is 0 Å². The second-order valence-corrected chi connectivity index (χ2v) is 4.66. The normalized spacial score (nSPS) is 16.7. The molecule has 19 heavy (non-hydrogen) atoms. The zero-order valence-corrected chi connectivity index (χ0v) is 10.7. The van der Waals surface area contributed by atoms with Crippen molar-refractivity contribution in [3.63, 3.8) is 0 Å². The highest BCUT2D eigenvalue weighted by Gasteiger charge is 2.36. The first kappa shape index (κ1) is 12.1. The number of benzene rings is 1. The van der Waals surface area contributed by atoms with E-state index in [1.807, 2.05) is 0 Å². The Morgan fingerprint density at radius 3 is 2.37 bits per heavy atom. The SMILES string of the molecule is COc1c2c(c([N+](=O)[O-])c3c1OCCC3)OCCC2. The van der Waals surface area contributed by atoms with Gasteiger partial charge < -0.3 is 14.2 Å². The monoisotopic (exact) mass is 265 g/mol. The van der Waals surface area contributed by atoms with Crippen molar-refractivity contribution in [2.24, 2.45) is 0 Å². The maximum absolute atomic E-state index is 11.4. The third kappa shape index (κ3) is 1.78. The van der Waals surface area contributed by atoms with Gasteiger partial charge in [0.1, 0.15) is 0 Å². The lowest BCUT2D eigenvalue weighted by Crippen LogP contribution is -2.17. The van der Waals surface area contributed by atoms with Gasteiger partial charge in [-0.3, -0.25) is 10.1 Å². The van der Waals surface area contributed by atoms with Crippen LogP contribution in [0, 0.1) is 10.1 Å². The Morgan fingerprint density at radius 2 is 1.74 bits per heavy atom. The largest absolute Gasteiger partial charge is 0.492 e. The first-order chi connectivity index (χ1) is 9.24. The fraction of sp³-hybridized carbons (Fsp3) is 0.538. The Morgan fingerprint density at radius 1 is 1.11 bits per heavy atom. The van der Waals surface area contributed by atoms with Gasteiger partial charge in [0, 0.05) is 5.56 Å². The molecule has 1 aromatic rings. The summed E-state index contributed by atoms with van der Waals surface area (Å²) in [5.74, 6) is 1.51. The number of fused-ring (bicyclic) bond motifs is 2. The second kappa shape index (κ2) is 4.60. The molecular weight excluding hydrogens is 250 g/mol. The van der Waals surface area contributed by atoms with Crippen LogP contribution in [0.3, 0.4) is 0 Å². The highest BCUT2D eigenvalue weighted by Crippen LogP contribution is 2.51. The van der Waals surface area contributed by atoms with Crippen LogP contribution in [-0.2, 0) is 12.8 Å². The number of hydrogen-bond donors (Lipinski definition) is 0. The molecule has 0 atom stereocenters. The topological polar surface area (TPSA) is 70.8 Å². The van der Waals surface area contributed by atoms with Gasteiger partial charge in [0.05, 0.1) is 30.8 Å². The van der Waals surface area contributed by atoms with E-state index in [9.17, 15) is 10.1 Å². The number of methoxy groups -OCH3 is 1. The third-order valence-corrected chi connectivity index (χ3v) is 3.55. The maximum atomic E-state index is 11.4. The predicted molar refractivity (Wildman–Crippen MR) is 67.3 cm³/mol. The van der Waals surface area contributed by atoms with Crippen molar-refractivity contribution < 1.29 is 19.1 Å².